The van der Waals surface area contributed by atoms with Gasteiger partial charge in [-0.05, 0) is 0 Å². The number of thiazole rings is 1. The number of carbonyl (C=O) groups excluding carboxylic acids is 1. The first-order valence-corrected chi connectivity index (χ1v) is 13.7. The molecule has 1 heterocycles. The average molecular weight is 464 g/mol. The van der Waals surface area contributed by atoms with Crippen LogP contribution in [0.4, 0.5) is 9.93 Å². The van der Waals surface area contributed by atoms with Crippen LogP contribution < -0.4 is 10.6 Å². The topological polar surface area (TPSA) is 63.2 Å². The molecule has 0 aliphatic heterocycles. The van der Waals surface area contributed by atoms with Crippen LogP contribution in [0.2, 0.25) is 21.0 Å². The molecule has 9 heteroatoms. The van der Waals surface area contributed by atoms with E-state index >= 15 is 0 Å². The summed E-state index contributed by atoms with van der Waals surface area (Å²) in [6.45, 7) is 1.17. The number of carbonyl (C=O) groups is 1. The molecule has 0 bridgehead atoms. The third-order valence-electron chi connectivity index (χ3n) is 3.32. The van der Waals surface area contributed by atoms with Gasteiger partial charge in [0.2, 0.25) is 0 Å². The summed E-state index contributed by atoms with van der Waals surface area (Å²) in [7, 11) is 1.73. The molecule has 1 aromatic heterocycles. The average Bonchev–Trinajstić information content (AvgIpc) is 3.00. The molecule has 0 radical (unpaired) electrons. The monoisotopic (exact) mass is 463 g/mol. The number of hydrogen-bond acceptors (Lipinski definition) is 4. The van der Waals surface area contributed by atoms with Gasteiger partial charge < -0.3 is 0 Å². The van der Waals surface area contributed by atoms with Gasteiger partial charge in [-0.2, -0.15) is 0 Å². The Kier molecular flexibility index (Phi) is 8.53. The molecular weight excluding hydrogens is 444 g/mol. The number of aromatic nitrogens is 1. The second kappa shape index (κ2) is 10.4. The second-order valence-electron chi connectivity index (χ2n) is 5.43. The Balaban J connectivity index is 1.79. The molecule has 0 aliphatic carbocycles. The Morgan fingerprint density at radius 1 is 1.36 bits per heavy atom. The number of methoxy groups -OCH3 is 1. The van der Waals surface area contributed by atoms with Crippen LogP contribution in [0.1, 0.15) is 11.3 Å². The molecule has 1 atom stereocenters. The zero-order chi connectivity index (χ0) is 18.2. The number of ether oxygens (including phenoxy) is 1. The van der Waals surface area contributed by atoms with E-state index in [1.54, 1.807) is 19.2 Å². The van der Waals surface area contributed by atoms with E-state index in [4.69, 9.17) is 27.9 Å². The van der Waals surface area contributed by atoms with Crippen LogP contribution >= 0.6 is 34.5 Å². The van der Waals surface area contributed by atoms with Crippen LogP contribution in [0, 0.1) is 0 Å². The van der Waals surface area contributed by atoms with Gasteiger partial charge in [-0.3, -0.25) is 0 Å². The predicted molar refractivity (Wildman–Crippen MR) is 106 cm³/mol. The van der Waals surface area contributed by atoms with Gasteiger partial charge in [0.25, 0.3) is 0 Å². The second-order valence-corrected chi connectivity index (χ2v) is 12.3. The van der Waals surface area contributed by atoms with E-state index in [2.05, 4.69) is 21.3 Å². The summed E-state index contributed by atoms with van der Waals surface area (Å²) in [6.07, 6.45) is 0. The molecule has 136 valence electrons. The van der Waals surface area contributed by atoms with E-state index in [0.717, 1.165) is 28.3 Å². The number of rotatable bonds is 8. The Hall–Kier alpha value is -0.782. The minimum absolute atomic E-state index is 0.294. The van der Waals surface area contributed by atoms with Crippen LogP contribution in [0.3, 0.4) is 0 Å². The van der Waals surface area contributed by atoms with Crippen molar-refractivity contribution < 1.29 is 9.53 Å². The summed E-state index contributed by atoms with van der Waals surface area (Å²) in [5.41, 5.74) is 4.23. The first-order chi connectivity index (χ1) is 12.0. The summed E-state index contributed by atoms with van der Waals surface area (Å²) in [6, 6.07) is 4.97. The Bertz CT molecular complexity index is 714. The molecule has 0 aliphatic rings. The van der Waals surface area contributed by atoms with Crippen molar-refractivity contribution in [1.29, 1.82) is 0 Å². The third-order valence-corrected chi connectivity index (χ3v) is 8.66. The number of amides is 2. The fourth-order valence-electron chi connectivity index (χ4n) is 2.01. The summed E-state index contributed by atoms with van der Waals surface area (Å²) >= 11 is 12.3. The fraction of sp³-hybridized carbons (Fsp3) is 0.375. The number of hydrogen-bond donors (Lipinski definition) is 2. The number of nitrogens with one attached hydrogen (secondary N) is 2. The number of nitrogens with zero attached hydrogens (tertiary/aromatic N) is 1. The molecule has 0 fully saturated rings. The number of anilines is 1. The maximum atomic E-state index is 12.0. The number of urea groups is 1. The van der Waals surface area contributed by atoms with E-state index in [1.165, 1.54) is 11.3 Å². The van der Waals surface area contributed by atoms with Gasteiger partial charge in [-0.25, -0.2) is 0 Å². The zero-order valence-electron chi connectivity index (χ0n) is 14.0. The number of benzene rings is 1. The van der Waals surface area contributed by atoms with Gasteiger partial charge in [0.1, 0.15) is 0 Å². The summed E-state index contributed by atoms with van der Waals surface area (Å²) < 4.78 is 5.12. The molecule has 2 amide bonds. The Labute approximate surface area is 166 Å². The molecule has 1 unspecified atom stereocenters. The van der Waals surface area contributed by atoms with Crippen LogP contribution in [-0.2, 0) is 16.5 Å². The van der Waals surface area contributed by atoms with Crippen LogP contribution in [0.15, 0.2) is 23.6 Å². The van der Waals surface area contributed by atoms with Crippen molar-refractivity contribution in [3.63, 3.8) is 0 Å². The Morgan fingerprint density at radius 3 is 2.88 bits per heavy atom. The van der Waals surface area contributed by atoms with Crippen molar-refractivity contribution in [3.8, 4) is 0 Å². The molecule has 2 aromatic rings. The number of halogens is 2. The third kappa shape index (κ3) is 7.16. The molecular formula is C16H20AsCl2N3O2S. The van der Waals surface area contributed by atoms with Crippen molar-refractivity contribution in [2.75, 3.05) is 19.0 Å². The molecule has 0 saturated heterocycles. The van der Waals surface area contributed by atoms with E-state index in [9.17, 15) is 4.79 Å². The molecule has 5 nitrogen and oxygen atoms in total. The SMILES string of the molecule is COCC[As](C)Cc1csc(NC(=O)NCc2ccc(Cl)c(Cl)c2)n1. The normalized spacial score (nSPS) is 12.0. The quantitative estimate of drug-likeness (QED) is 0.561. The van der Waals surface area contributed by atoms with E-state index in [1.807, 2.05) is 11.4 Å². The van der Waals surface area contributed by atoms with Crippen molar-refractivity contribution in [2.45, 2.75) is 22.7 Å². The minimum atomic E-state index is -0.932. The molecule has 25 heavy (non-hydrogen) atoms. The Morgan fingerprint density at radius 2 is 2.16 bits per heavy atom. The zero-order valence-corrected chi connectivity index (χ0v) is 18.2. The van der Waals surface area contributed by atoms with Gasteiger partial charge in [-0.1, -0.05) is 11.6 Å². The van der Waals surface area contributed by atoms with Gasteiger partial charge in [0.05, 0.1) is 0 Å². The first kappa shape index (κ1) is 20.5. The van der Waals surface area contributed by atoms with Gasteiger partial charge in [-0.15, -0.1) is 0 Å². The first-order valence-electron chi connectivity index (χ1n) is 7.58. The van der Waals surface area contributed by atoms with E-state index in [-0.39, 0.29) is 6.03 Å². The van der Waals surface area contributed by atoms with Crippen LogP contribution in [0.5, 0.6) is 0 Å². The molecule has 0 spiro atoms. The molecule has 2 rings (SSSR count). The van der Waals surface area contributed by atoms with Crippen molar-refractivity contribution in [2.24, 2.45) is 0 Å². The molecule has 1 aromatic carbocycles. The summed E-state index contributed by atoms with van der Waals surface area (Å²) in [4.78, 5) is 16.5. The van der Waals surface area contributed by atoms with E-state index < -0.39 is 14.7 Å². The van der Waals surface area contributed by atoms with Gasteiger partial charge in [0.15, 0.2) is 0 Å². The summed E-state index contributed by atoms with van der Waals surface area (Å²) in [5, 5.41) is 11.3. The van der Waals surface area contributed by atoms with Crippen molar-refractivity contribution in [1.82, 2.24) is 10.3 Å². The fourth-order valence-corrected chi connectivity index (χ4v) is 6.18. The standard InChI is InChI=1S/C16H20AsCl2N3O2S/c1-17(5-6-24-2)8-12-10-25-16(21-12)22-15(23)20-9-11-3-4-13(18)14(19)7-11/h3-4,7,10H,5-6,8-9H2,1-2H3,(H2,20,21,22,23). The summed E-state index contributed by atoms with van der Waals surface area (Å²) in [5.74, 6) is 0. The molecule has 2 N–H and O–H groups in total. The van der Waals surface area contributed by atoms with Crippen molar-refractivity contribution >= 4 is 60.4 Å². The predicted octanol–water partition coefficient (Wildman–Crippen LogP) is 4.62. The van der Waals surface area contributed by atoms with Crippen LogP contribution in [0.25, 0.3) is 0 Å². The van der Waals surface area contributed by atoms with Crippen LogP contribution in [-0.4, -0.2) is 39.4 Å². The maximum absolute atomic E-state index is 12.0. The van der Waals surface area contributed by atoms with Gasteiger partial charge in [0, 0.05) is 0 Å². The van der Waals surface area contributed by atoms with Gasteiger partial charge >= 0.3 is 155 Å². The van der Waals surface area contributed by atoms with Crippen molar-refractivity contribution in [3.05, 3.63) is 44.9 Å². The van der Waals surface area contributed by atoms with E-state index in [0.29, 0.717) is 21.7 Å². The molecule has 0 saturated carbocycles.